The molecule has 1 fully saturated rings. The number of benzene rings is 1. The summed E-state index contributed by atoms with van der Waals surface area (Å²) in [5, 5.41) is 18.1. The first kappa shape index (κ1) is 17.4. The summed E-state index contributed by atoms with van der Waals surface area (Å²) in [7, 11) is 2.09. The fourth-order valence-electron chi connectivity index (χ4n) is 3.46. The molecular formula is C20H24N4OS. The Morgan fingerprint density at radius 2 is 1.88 bits per heavy atom. The van der Waals surface area contributed by atoms with Gasteiger partial charge in [0.15, 0.2) is 11.6 Å². The van der Waals surface area contributed by atoms with E-state index in [0.29, 0.717) is 31.6 Å². The molecule has 0 atom stereocenters. The predicted octanol–water partition coefficient (Wildman–Crippen LogP) is 2.89. The summed E-state index contributed by atoms with van der Waals surface area (Å²) in [6, 6.07) is 14.4. The summed E-state index contributed by atoms with van der Waals surface area (Å²) in [6.07, 6.45) is 2.09. The first-order chi connectivity index (χ1) is 12.6. The fraction of sp³-hybridized carbons (Fsp3) is 0.400. The van der Waals surface area contributed by atoms with Crippen LogP contribution in [0.2, 0.25) is 0 Å². The van der Waals surface area contributed by atoms with Gasteiger partial charge in [-0.15, -0.1) is 11.3 Å². The van der Waals surface area contributed by atoms with Gasteiger partial charge < -0.3 is 10.0 Å². The smallest absolute Gasteiger partial charge is 0.159 e. The second kappa shape index (κ2) is 7.31. The van der Waals surface area contributed by atoms with Crippen LogP contribution in [-0.4, -0.2) is 44.9 Å². The van der Waals surface area contributed by atoms with Crippen molar-refractivity contribution in [3.05, 3.63) is 69.9 Å². The highest BCUT2D eigenvalue weighted by molar-refractivity contribution is 7.09. The van der Waals surface area contributed by atoms with Crippen LogP contribution < -0.4 is 0 Å². The largest absolute Gasteiger partial charge is 0.382 e. The molecule has 6 heteroatoms. The molecule has 1 aliphatic heterocycles. The Balaban J connectivity index is 1.66. The summed E-state index contributed by atoms with van der Waals surface area (Å²) < 4.78 is 1.91. The molecule has 4 rings (SSSR count). The zero-order valence-electron chi connectivity index (χ0n) is 15.0. The highest BCUT2D eigenvalue weighted by atomic mass is 32.1. The third-order valence-corrected chi connectivity index (χ3v) is 5.91. The molecule has 0 saturated carbocycles. The maximum absolute atomic E-state index is 11.3. The molecule has 1 N–H and O–H groups in total. The number of thiophene rings is 1. The summed E-state index contributed by atoms with van der Waals surface area (Å²) in [6.45, 7) is 2.37. The van der Waals surface area contributed by atoms with Gasteiger partial charge in [-0.2, -0.15) is 5.10 Å². The van der Waals surface area contributed by atoms with Crippen molar-refractivity contribution in [3.63, 3.8) is 0 Å². The minimum atomic E-state index is -0.901. The number of hydrogen-bond acceptors (Lipinski definition) is 5. The molecule has 136 valence electrons. The molecule has 0 amide bonds. The van der Waals surface area contributed by atoms with Gasteiger partial charge in [-0.1, -0.05) is 36.4 Å². The van der Waals surface area contributed by atoms with Crippen LogP contribution >= 0.6 is 11.3 Å². The number of piperidine rings is 1. The van der Waals surface area contributed by atoms with E-state index < -0.39 is 5.60 Å². The van der Waals surface area contributed by atoms with E-state index in [-0.39, 0.29) is 0 Å². The summed E-state index contributed by atoms with van der Waals surface area (Å²) in [4.78, 5) is 8.28. The average molecular weight is 369 g/mol. The molecule has 0 spiro atoms. The van der Waals surface area contributed by atoms with Gasteiger partial charge in [0.2, 0.25) is 0 Å². The van der Waals surface area contributed by atoms with E-state index in [1.54, 1.807) is 11.3 Å². The number of rotatable bonds is 5. The van der Waals surface area contributed by atoms with Crippen LogP contribution in [0.15, 0.2) is 47.8 Å². The lowest BCUT2D eigenvalue weighted by atomic mass is 9.90. The van der Waals surface area contributed by atoms with Crippen molar-refractivity contribution in [3.8, 4) is 0 Å². The quantitative estimate of drug-likeness (QED) is 0.752. The Bertz CT molecular complexity index is 836. The molecule has 0 radical (unpaired) electrons. The maximum Gasteiger partial charge on any atom is 0.159 e. The molecule has 5 nitrogen and oxygen atoms in total. The molecule has 2 aromatic heterocycles. The minimum absolute atomic E-state index is 0.631. The van der Waals surface area contributed by atoms with Gasteiger partial charge in [0.05, 0.1) is 6.54 Å². The standard InChI is InChI=1S/C20H24N4OS/c1-23-11-9-20(25,10-12-23)19-21-18(14-17-8-5-13-26-17)22-24(19)15-16-6-3-2-4-7-16/h2-8,13,25H,9-12,14-15H2,1H3. The SMILES string of the molecule is CN1CCC(O)(c2nc(Cc3cccs3)nn2Cc2ccccc2)CC1. The van der Waals surface area contributed by atoms with Crippen molar-refractivity contribution < 1.29 is 5.11 Å². The Morgan fingerprint density at radius 1 is 1.12 bits per heavy atom. The predicted molar refractivity (Wildman–Crippen MR) is 103 cm³/mol. The topological polar surface area (TPSA) is 54.2 Å². The van der Waals surface area contributed by atoms with Crippen molar-refractivity contribution in [1.82, 2.24) is 19.7 Å². The lowest BCUT2D eigenvalue weighted by molar-refractivity contribution is -0.0308. The maximum atomic E-state index is 11.3. The summed E-state index contributed by atoms with van der Waals surface area (Å²) >= 11 is 1.71. The van der Waals surface area contributed by atoms with Crippen molar-refractivity contribution in [2.45, 2.75) is 31.4 Å². The third kappa shape index (κ3) is 3.72. The molecule has 1 saturated heterocycles. The number of aliphatic hydroxyl groups is 1. The van der Waals surface area contributed by atoms with Crippen LogP contribution in [-0.2, 0) is 18.6 Å². The van der Waals surface area contributed by atoms with Crippen LogP contribution in [0.5, 0.6) is 0 Å². The molecule has 3 aromatic rings. The second-order valence-corrected chi connectivity index (χ2v) is 8.12. The zero-order chi connectivity index (χ0) is 18.0. The van der Waals surface area contributed by atoms with Gasteiger partial charge in [-0.25, -0.2) is 9.67 Å². The summed E-state index contributed by atoms with van der Waals surface area (Å²) in [5.74, 6) is 1.49. The second-order valence-electron chi connectivity index (χ2n) is 7.09. The molecule has 26 heavy (non-hydrogen) atoms. The van der Waals surface area contributed by atoms with Crippen LogP contribution in [0.25, 0.3) is 0 Å². The van der Waals surface area contributed by atoms with Crippen LogP contribution in [0.1, 0.15) is 34.9 Å². The van der Waals surface area contributed by atoms with Crippen molar-refractivity contribution >= 4 is 11.3 Å². The highest BCUT2D eigenvalue weighted by Crippen LogP contribution is 2.32. The Morgan fingerprint density at radius 3 is 2.58 bits per heavy atom. The monoisotopic (exact) mass is 368 g/mol. The van der Waals surface area contributed by atoms with Gasteiger partial charge in [0.25, 0.3) is 0 Å². The Kier molecular flexibility index (Phi) is 4.89. The van der Waals surface area contributed by atoms with E-state index >= 15 is 0 Å². The molecule has 1 aromatic carbocycles. The lowest BCUT2D eigenvalue weighted by Crippen LogP contribution is -2.42. The van der Waals surface area contributed by atoms with Crippen molar-refractivity contribution in [2.24, 2.45) is 0 Å². The number of hydrogen-bond donors (Lipinski definition) is 1. The van der Waals surface area contributed by atoms with E-state index in [9.17, 15) is 5.11 Å². The molecule has 0 aliphatic carbocycles. The normalized spacial score (nSPS) is 17.5. The number of aromatic nitrogens is 3. The van der Waals surface area contributed by atoms with Crippen molar-refractivity contribution in [2.75, 3.05) is 20.1 Å². The fourth-order valence-corrected chi connectivity index (χ4v) is 4.16. The van der Waals surface area contributed by atoms with E-state index in [0.717, 1.165) is 24.5 Å². The molecule has 1 aliphatic rings. The van der Waals surface area contributed by atoms with Gasteiger partial charge in [0.1, 0.15) is 5.60 Å². The summed E-state index contributed by atoms with van der Waals surface area (Å²) in [5.41, 5.74) is 0.264. The van der Waals surface area contributed by atoms with Gasteiger partial charge >= 0.3 is 0 Å². The molecule has 3 heterocycles. The van der Waals surface area contributed by atoms with Gasteiger partial charge in [-0.05, 0) is 36.9 Å². The van der Waals surface area contributed by atoms with E-state index in [1.807, 2.05) is 28.9 Å². The van der Waals surface area contributed by atoms with E-state index in [1.165, 1.54) is 4.88 Å². The Hall–Kier alpha value is -2.02. The molecule has 0 bridgehead atoms. The average Bonchev–Trinajstić information content (AvgIpc) is 3.29. The molecule has 0 unspecified atom stereocenters. The number of likely N-dealkylation sites (tertiary alicyclic amines) is 1. The zero-order valence-corrected chi connectivity index (χ0v) is 15.8. The minimum Gasteiger partial charge on any atom is -0.382 e. The van der Waals surface area contributed by atoms with Crippen molar-refractivity contribution in [1.29, 1.82) is 0 Å². The Labute approximate surface area is 157 Å². The van der Waals surface area contributed by atoms with Crippen LogP contribution in [0, 0.1) is 0 Å². The third-order valence-electron chi connectivity index (χ3n) is 5.03. The van der Waals surface area contributed by atoms with Gasteiger partial charge in [0, 0.05) is 24.4 Å². The van der Waals surface area contributed by atoms with Gasteiger partial charge in [-0.3, -0.25) is 0 Å². The van der Waals surface area contributed by atoms with E-state index in [4.69, 9.17) is 10.1 Å². The van der Waals surface area contributed by atoms with E-state index in [2.05, 4.69) is 35.5 Å². The lowest BCUT2D eigenvalue weighted by Gasteiger charge is -2.35. The molecular weight excluding hydrogens is 344 g/mol. The highest BCUT2D eigenvalue weighted by Gasteiger charge is 2.38. The van der Waals surface area contributed by atoms with Crippen LogP contribution in [0.3, 0.4) is 0 Å². The first-order valence-electron chi connectivity index (χ1n) is 9.04. The first-order valence-corrected chi connectivity index (χ1v) is 9.92. The number of nitrogens with zero attached hydrogens (tertiary/aromatic N) is 4. The van der Waals surface area contributed by atoms with Crippen LogP contribution in [0.4, 0.5) is 0 Å².